The van der Waals surface area contributed by atoms with E-state index in [-0.39, 0.29) is 17.1 Å². The second-order valence-corrected chi connectivity index (χ2v) is 4.86. The predicted molar refractivity (Wildman–Crippen MR) is 77.6 cm³/mol. The zero-order valence-corrected chi connectivity index (χ0v) is 11.8. The Balaban J connectivity index is 2.39. The number of anilines is 1. The van der Waals surface area contributed by atoms with Crippen molar-refractivity contribution in [1.82, 2.24) is 9.97 Å². The molecule has 0 fully saturated rings. The first kappa shape index (κ1) is 14.7. The zero-order valence-electron chi connectivity index (χ0n) is 11.0. The molecule has 21 heavy (non-hydrogen) atoms. The zero-order chi connectivity index (χ0) is 15.4. The lowest BCUT2D eigenvalue weighted by molar-refractivity contribution is -0.385. The second kappa shape index (κ2) is 6.13. The van der Waals surface area contributed by atoms with E-state index < -0.39 is 4.92 Å². The van der Waals surface area contributed by atoms with E-state index in [1.807, 2.05) is 5.38 Å². The fourth-order valence-electron chi connectivity index (χ4n) is 1.73. The van der Waals surface area contributed by atoms with Gasteiger partial charge in [-0.1, -0.05) is 5.16 Å². The summed E-state index contributed by atoms with van der Waals surface area (Å²) in [7, 11) is 1.74. The van der Waals surface area contributed by atoms with Crippen LogP contribution in [-0.2, 0) is 6.54 Å². The first-order valence-electron chi connectivity index (χ1n) is 5.73. The van der Waals surface area contributed by atoms with E-state index in [4.69, 9.17) is 10.9 Å². The Morgan fingerprint density at radius 3 is 2.95 bits per heavy atom. The molecule has 0 saturated heterocycles. The molecular weight excluding hydrogens is 296 g/mol. The van der Waals surface area contributed by atoms with Gasteiger partial charge in [0, 0.05) is 18.5 Å². The lowest BCUT2D eigenvalue weighted by Gasteiger charge is -2.19. The van der Waals surface area contributed by atoms with Gasteiger partial charge in [-0.15, -0.1) is 11.3 Å². The Labute approximate surface area is 123 Å². The van der Waals surface area contributed by atoms with Gasteiger partial charge in [-0.3, -0.25) is 10.1 Å². The topological polar surface area (TPSA) is 131 Å². The van der Waals surface area contributed by atoms with Gasteiger partial charge in [-0.05, 0) is 0 Å². The molecule has 3 N–H and O–H groups in total. The molecule has 0 aliphatic heterocycles. The van der Waals surface area contributed by atoms with Gasteiger partial charge < -0.3 is 15.8 Å². The molecule has 2 heterocycles. The van der Waals surface area contributed by atoms with E-state index in [9.17, 15) is 10.1 Å². The largest absolute Gasteiger partial charge is 0.409 e. The van der Waals surface area contributed by atoms with Gasteiger partial charge in [-0.2, -0.15) is 0 Å². The van der Waals surface area contributed by atoms with Gasteiger partial charge in [0.25, 0.3) is 5.69 Å². The molecule has 110 valence electrons. The number of nitro groups is 1. The summed E-state index contributed by atoms with van der Waals surface area (Å²) < 4.78 is 0. The number of oxime groups is 1. The Bertz CT molecular complexity index is 673. The van der Waals surface area contributed by atoms with Crippen molar-refractivity contribution in [1.29, 1.82) is 0 Å². The van der Waals surface area contributed by atoms with E-state index in [2.05, 4.69) is 15.1 Å². The molecule has 0 unspecified atom stereocenters. The fourth-order valence-corrected chi connectivity index (χ4v) is 2.28. The van der Waals surface area contributed by atoms with Crippen molar-refractivity contribution in [3.8, 4) is 0 Å². The maximum atomic E-state index is 10.8. The number of hydrogen-bond donors (Lipinski definition) is 2. The molecule has 9 nitrogen and oxygen atoms in total. The molecule has 0 radical (unpaired) electrons. The van der Waals surface area contributed by atoms with Crippen LogP contribution in [0.3, 0.4) is 0 Å². The SMILES string of the molecule is CN(Cc1cscn1)c1ncc([N+](=O)[O-])cc1C(N)=NO. The number of nitrogens with zero attached hydrogens (tertiary/aromatic N) is 5. The van der Waals surface area contributed by atoms with Crippen molar-refractivity contribution in [2.45, 2.75) is 6.54 Å². The first-order chi connectivity index (χ1) is 10.0. The van der Waals surface area contributed by atoms with Crippen molar-refractivity contribution in [3.05, 3.63) is 44.5 Å². The molecular formula is C11H12N6O3S. The summed E-state index contributed by atoms with van der Waals surface area (Å²) in [5.41, 5.74) is 8.06. The number of thiazole rings is 1. The molecule has 2 rings (SSSR count). The van der Waals surface area contributed by atoms with Gasteiger partial charge in [0.2, 0.25) is 0 Å². The third-order valence-electron chi connectivity index (χ3n) is 2.69. The smallest absolute Gasteiger partial charge is 0.288 e. The normalized spacial score (nSPS) is 11.4. The van der Waals surface area contributed by atoms with Gasteiger partial charge in [-0.25, -0.2) is 9.97 Å². The number of hydrogen-bond acceptors (Lipinski definition) is 8. The molecule has 0 amide bonds. The second-order valence-electron chi connectivity index (χ2n) is 4.14. The van der Waals surface area contributed by atoms with Crippen LogP contribution in [0.4, 0.5) is 11.5 Å². The molecule has 0 spiro atoms. The lowest BCUT2D eigenvalue weighted by atomic mass is 10.2. The van der Waals surface area contributed by atoms with Crippen LogP contribution in [0.2, 0.25) is 0 Å². The van der Waals surface area contributed by atoms with Crippen LogP contribution in [0.25, 0.3) is 0 Å². The van der Waals surface area contributed by atoms with Crippen molar-refractivity contribution in [3.63, 3.8) is 0 Å². The molecule has 0 aromatic carbocycles. The van der Waals surface area contributed by atoms with Crippen LogP contribution in [0.15, 0.2) is 28.3 Å². The maximum absolute atomic E-state index is 10.8. The van der Waals surface area contributed by atoms with E-state index in [1.54, 1.807) is 17.5 Å². The van der Waals surface area contributed by atoms with E-state index in [0.29, 0.717) is 12.4 Å². The van der Waals surface area contributed by atoms with Crippen LogP contribution in [0.5, 0.6) is 0 Å². The summed E-state index contributed by atoms with van der Waals surface area (Å²) in [5, 5.41) is 24.4. The highest BCUT2D eigenvalue weighted by Gasteiger charge is 2.18. The van der Waals surface area contributed by atoms with E-state index in [0.717, 1.165) is 11.9 Å². The number of aromatic nitrogens is 2. The number of pyridine rings is 1. The standard InChI is InChI=1S/C11H12N6O3S/c1-16(4-7-5-21-6-14-7)11-9(10(12)15-18)2-8(3-13-11)17(19)20/h2-3,5-6,18H,4H2,1H3,(H2,12,15). The molecule has 10 heteroatoms. The first-order valence-corrected chi connectivity index (χ1v) is 6.67. The van der Waals surface area contributed by atoms with E-state index >= 15 is 0 Å². The molecule has 0 saturated carbocycles. The van der Waals surface area contributed by atoms with Crippen LogP contribution in [0, 0.1) is 10.1 Å². The van der Waals surface area contributed by atoms with Gasteiger partial charge in [0.1, 0.15) is 12.0 Å². The fraction of sp³-hybridized carbons (Fsp3) is 0.182. The van der Waals surface area contributed by atoms with Crippen LogP contribution in [0.1, 0.15) is 11.3 Å². The van der Waals surface area contributed by atoms with E-state index in [1.165, 1.54) is 17.4 Å². The minimum Gasteiger partial charge on any atom is -0.409 e. The summed E-state index contributed by atoms with van der Waals surface area (Å²) in [4.78, 5) is 20.1. The number of rotatable bonds is 5. The third kappa shape index (κ3) is 3.23. The highest BCUT2D eigenvalue weighted by Crippen LogP contribution is 2.22. The van der Waals surface area contributed by atoms with Gasteiger partial charge in [0.15, 0.2) is 5.84 Å². The number of amidine groups is 1. The van der Waals surface area contributed by atoms with Gasteiger partial charge in [0.05, 0.1) is 28.2 Å². The molecule has 0 atom stereocenters. The Morgan fingerprint density at radius 1 is 1.62 bits per heavy atom. The molecule has 2 aromatic rings. The Hall–Kier alpha value is -2.75. The minimum atomic E-state index is -0.592. The van der Waals surface area contributed by atoms with Crippen LogP contribution in [-0.4, -0.2) is 33.0 Å². The quantitative estimate of drug-likeness (QED) is 0.279. The molecule has 0 aliphatic rings. The van der Waals surface area contributed by atoms with Crippen molar-refractivity contribution < 1.29 is 10.1 Å². The summed E-state index contributed by atoms with van der Waals surface area (Å²) >= 11 is 1.46. The summed E-state index contributed by atoms with van der Waals surface area (Å²) in [5.74, 6) is 0.121. The average Bonchev–Trinajstić information content (AvgIpc) is 2.98. The van der Waals surface area contributed by atoms with Gasteiger partial charge >= 0.3 is 0 Å². The monoisotopic (exact) mass is 308 g/mol. The third-order valence-corrected chi connectivity index (χ3v) is 3.33. The minimum absolute atomic E-state index is 0.185. The molecule has 0 bridgehead atoms. The average molecular weight is 308 g/mol. The lowest BCUT2D eigenvalue weighted by Crippen LogP contribution is -2.24. The van der Waals surface area contributed by atoms with Crippen LogP contribution >= 0.6 is 11.3 Å². The van der Waals surface area contributed by atoms with Crippen molar-refractivity contribution >= 4 is 28.7 Å². The highest BCUT2D eigenvalue weighted by molar-refractivity contribution is 7.07. The Morgan fingerprint density at radius 2 is 2.38 bits per heavy atom. The Kier molecular flexibility index (Phi) is 4.28. The van der Waals surface area contributed by atoms with Crippen molar-refractivity contribution in [2.75, 3.05) is 11.9 Å². The molecule has 2 aromatic heterocycles. The summed E-state index contributed by atoms with van der Waals surface area (Å²) in [6.07, 6.45) is 1.13. The highest BCUT2D eigenvalue weighted by atomic mass is 32.1. The van der Waals surface area contributed by atoms with Crippen molar-refractivity contribution in [2.24, 2.45) is 10.9 Å². The maximum Gasteiger partial charge on any atom is 0.288 e. The molecule has 0 aliphatic carbocycles. The van der Waals surface area contributed by atoms with Crippen LogP contribution < -0.4 is 10.6 Å². The summed E-state index contributed by atoms with van der Waals surface area (Å²) in [6.45, 7) is 0.444. The number of nitrogens with two attached hydrogens (primary N) is 1. The summed E-state index contributed by atoms with van der Waals surface area (Å²) in [6, 6.07) is 1.22. The predicted octanol–water partition coefficient (Wildman–Crippen LogP) is 1.18.